The summed E-state index contributed by atoms with van der Waals surface area (Å²) in [4.78, 5) is 0. The first-order valence-electron chi connectivity index (χ1n) is 5.60. The number of hydrogen-bond donors (Lipinski definition) is 2. The summed E-state index contributed by atoms with van der Waals surface area (Å²) in [5.41, 5.74) is 2.55. The molecular weight excluding hydrogens is 186 g/mol. The molecule has 0 amide bonds. The van der Waals surface area contributed by atoms with E-state index in [2.05, 4.69) is 50.4 Å². The predicted octanol–water partition coefficient (Wildman–Crippen LogP) is 2.42. The lowest BCUT2D eigenvalue weighted by atomic mass is 10.1. The molecule has 0 heterocycles. The fraction of sp³-hybridized carbons (Fsp3) is 0.538. The molecule has 0 radical (unpaired) electrons. The van der Waals surface area contributed by atoms with Gasteiger partial charge in [-0.1, -0.05) is 36.8 Å². The highest BCUT2D eigenvalue weighted by atomic mass is 16.3. The third kappa shape index (κ3) is 3.65. The molecule has 0 bridgehead atoms. The standard InChI is InChI=1S/C13H21NO/c1-4-13(9-15)14-11(3)12-7-5-10(2)6-8-12/h5-8,11,13-15H,4,9H2,1-3H3/t11-,13+/m1/s1. The van der Waals surface area contributed by atoms with Crippen LogP contribution in [0.1, 0.15) is 37.4 Å². The van der Waals surface area contributed by atoms with E-state index >= 15 is 0 Å². The molecular formula is C13H21NO. The number of hydrogen-bond acceptors (Lipinski definition) is 2. The van der Waals surface area contributed by atoms with Gasteiger partial charge in [0.25, 0.3) is 0 Å². The van der Waals surface area contributed by atoms with E-state index in [9.17, 15) is 0 Å². The molecule has 0 saturated heterocycles. The van der Waals surface area contributed by atoms with E-state index in [1.807, 2.05) is 0 Å². The van der Waals surface area contributed by atoms with Gasteiger partial charge in [-0.2, -0.15) is 0 Å². The molecule has 0 fully saturated rings. The molecule has 0 unspecified atom stereocenters. The van der Waals surface area contributed by atoms with Crippen molar-refractivity contribution >= 4 is 0 Å². The van der Waals surface area contributed by atoms with Crippen molar-refractivity contribution in [1.82, 2.24) is 5.32 Å². The van der Waals surface area contributed by atoms with E-state index in [1.54, 1.807) is 0 Å². The van der Waals surface area contributed by atoms with Gasteiger partial charge in [0.15, 0.2) is 0 Å². The van der Waals surface area contributed by atoms with Crippen LogP contribution in [0, 0.1) is 6.92 Å². The Morgan fingerprint density at radius 1 is 1.27 bits per heavy atom. The Morgan fingerprint density at radius 3 is 2.33 bits per heavy atom. The molecule has 2 heteroatoms. The van der Waals surface area contributed by atoms with Gasteiger partial charge in [0, 0.05) is 12.1 Å². The number of rotatable bonds is 5. The van der Waals surface area contributed by atoms with Crippen molar-refractivity contribution in [2.45, 2.75) is 39.3 Å². The van der Waals surface area contributed by atoms with Gasteiger partial charge in [0.1, 0.15) is 0 Å². The third-order valence-corrected chi connectivity index (χ3v) is 2.78. The van der Waals surface area contributed by atoms with Crippen molar-refractivity contribution < 1.29 is 5.11 Å². The summed E-state index contributed by atoms with van der Waals surface area (Å²) in [5, 5.41) is 12.5. The first-order chi connectivity index (χ1) is 7.17. The molecule has 0 aliphatic heterocycles. The van der Waals surface area contributed by atoms with Crippen LogP contribution in [0.25, 0.3) is 0 Å². The minimum Gasteiger partial charge on any atom is -0.395 e. The molecule has 84 valence electrons. The zero-order chi connectivity index (χ0) is 11.3. The molecule has 0 saturated carbocycles. The SMILES string of the molecule is CC[C@@H](CO)N[C@H](C)c1ccc(C)cc1. The maximum atomic E-state index is 9.10. The molecule has 0 aliphatic rings. The van der Waals surface area contributed by atoms with Gasteiger partial charge in [0.2, 0.25) is 0 Å². The van der Waals surface area contributed by atoms with Crippen LogP contribution in [0.3, 0.4) is 0 Å². The van der Waals surface area contributed by atoms with Gasteiger partial charge in [-0.05, 0) is 25.8 Å². The van der Waals surface area contributed by atoms with Crippen LogP contribution < -0.4 is 5.32 Å². The lowest BCUT2D eigenvalue weighted by Crippen LogP contribution is -2.33. The third-order valence-electron chi connectivity index (χ3n) is 2.78. The minimum atomic E-state index is 0.196. The smallest absolute Gasteiger partial charge is 0.0584 e. The second-order valence-corrected chi connectivity index (χ2v) is 4.09. The second-order valence-electron chi connectivity index (χ2n) is 4.09. The number of aryl methyl sites for hydroxylation is 1. The molecule has 0 aliphatic carbocycles. The van der Waals surface area contributed by atoms with Crippen LogP contribution in [0.2, 0.25) is 0 Å². The highest BCUT2D eigenvalue weighted by molar-refractivity contribution is 5.23. The summed E-state index contributed by atoms with van der Waals surface area (Å²) in [6.07, 6.45) is 0.951. The largest absolute Gasteiger partial charge is 0.395 e. The van der Waals surface area contributed by atoms with E-state index in [0.717, 1.165) is 6.42 Å². The minimum absolute atomic E-state index is 0.196. The van der Waals surface area contributed by atoms with Crippen molar-refractivity contribution in [1.29, 1.82) is 0 Å². The van der Waals surface area contributed by atoms with E-state index < -0.39 is 0 Å². The van der Waals surface area contributed by atoms with Gasteiger partial charge in [0.05, 0.1) is 6.61 Å². The second kappa shape index (κ2) is 5.89. The topological polar surface area (TPSA) is 32.3 Å². The maximum absolute atomic E-state index is 9.10. The first kappa shape index (κ1) is 12.2. The fourth-order valence-electron chi connectivity index (χ4n) is 1.60. The van der Waals surface area contributed by atoms with E-state index in [0.29, 0.717) is 6.04 Å². The van der Waals surface area contributed by atoms with Crippen LogP contribution >= 0.6 is 0 Å². The average molecular weight is 207 g/mol. The first-order valence-corrected chi connectivity index (χ1v) is 5.60. The highest BCUT2D eigenvalue weighted by Crippen LogP contribution is 2.14. The molecule has 1 rings (SSSR count). The number of benzene rings is 1. The monoisotopic (exact) mass is 207 g/mol. The average Bonchev–Trinajstić information content (AvgIpc) is 2.26. The van der Waals surface area contributed by atoms with E-state index in [1.165, 1.54) is 11.1 Å². The number of nitrogens with one attached hydrogen (secondary N) is 1. The molecule has 0 spiro atoms. The van der Waals surface area contributed by atoms with Gasteiger partial charge in [-0.25, -0.2) is 0 Å². The highest BCUT2D eigenvalue weighted by Gasteiger charge is 2.10. The van der Waals surface area contributed by atoms with E-state index in [-0.39, 0.29) is 12.6 Å². The van der Waals surface area contributed by atoms with Gasteiger partial charge in [-0.15, -0.1) is 0 Å². The van der Waals surface area contributed by atoms with Crippen LogP contribution in [0.15, 0.2) is 24.3 Å². The van der Waals surface area contributed by atoms with E-state index in [4.69, 9.17) is 5.11 Å². The molecule has 2 nitrogen and oxygen atoms in total. The van der Waals surface area contributed by atoms with Crippen LogP contribution in [0.5, 0.6) is 0 Å². The molecule has 0 aromatic heterocycles. The summed E-state index contributed by atoms with van der Waals surface area (Å²) in [7, 11) is 0. The zero-order valence-corrected chi connectivity index (χ0v) is 9.83. The Hall–Kier alpha value is -0.860. The summed E-state index contributed by atoms with van der Waals surface area (Å²) >= 11 is 0. The summed E-state index contributed by atoms with van der Waals surface area (Å²) < 4.78 is 0. The molecule has 1 aromatic carbocycles. The molecule has 15 heavy (non-hydrogen) atoms. The number of aliphatic hydroxyl groups excluding tert-OH is 1. The Labute approximate surface area is 92.3 Å². The van der Waals surface area contributed by atoms with Crippen LogP contribution in [-0.2, 0) is 0 Å². The van der Waals surface area contributed by atoms with Crippen molar-refractivity contribution in [3.8, 4) is 0 Å². The van der Waals surface area contributed by atoms with Crippen LogP contribution in [-0.4, -0.2) is 17.8 Å². The van der Waals surface area contributed by atoms with Crippen molar-refractivity contribution in [2.75, 3.05) is 6.61 Å². The molecule has 2 atom stereocenters. The van der Waals surface area contributed by atoms with Gasteiger partial charge in [-0.3, -0.25) is 0 Å². The molecule has 2 N–H and O–H groups in total. The quantitative estimate of drug-likeness (QED) is 0.777. The van der Waals surface area contributed by atoms with Crippen molar-refractivity contribution in [3.63, 3.8) is 0 Å². The zero-order valence-electron chi connectivity index (χ0n) is 9.83. The lowest BCUT2D eigenvalue weighted by Gasteiger charge is -2.20. The Balaban J connectivity index is 2.60. The van der Waals surface area contributed by atoms with Crippen LogP contribution in [0.4, 0.5) is 0 Å². The number of aliphatic hydroxyl groups is 1. The summed E-state index contributed by atoms with van der Waals surface area (Å²) in [6, 6.07) is 9.00. The van der Waals surface area contributed by atoms with Crippen molar-refractivity contribution in [2.24, 2.45) is 0 Å². The molecule has 1 aromatic rings. The van der Waals surface area contributed by atoms with Gasteiger partial charge < -0.3 is 10.4 Å². The van der Waals surface area contributed by atoms with Crippen molar-refractivity contribution in [3.05, 3.63) is 35.4 Å². The maximum Gasteiger partial charge on any atom is 0.0584 e. The predicted molar refractivity (Wildman–Crippen MR) is 63.9 cm³/mol. The van der Waals surface area contributed by atoms with Gasteiger partial charge >= 0.3 is 0 Å². The Bertz CT molecular complexity index is 277. The summed E-state index contributed by atoms with van der Waals surface area (Å²) in [5.74, 6) is 0. The fourth-order valence-corrected chi connectivity index (χ4v) is 1.60. The Kier molecular flexibility index (Phi) is 4.79. The normalized spacial score (nSPS) is 14.9. The lowest BCUT2D eigenvalue weighted by molar-refractivity contribution is 0.230. The summed E-state index contributed by atoms with van der Waals surface area (Å²) in [6.45, 7) is 6.50. The Morgan fingerprint density at radius 2 is 1.87 bits per heavy atom.